The van der Waals surface area contributed by atoms with E-state index in [9.17, 15) is 4.79 Å². The first-order valence-electron chi connectivity index (χ1n) is 4.34. The van der Waals surface area contributed by atoms with Gasteiger partial charge in [0.05, 0.1) is 23.0 Å². The average molecular weight is 197 g/mol. The molecule has 4 heteroatoms. The third kappa shape index (κ3) is 1.63. The largest absolute Gasteiger partial charge is 0.298 e. The molecule has 1 aromatic heterocycles. The Labute approximate surface area is 86.4 Å². The van der Waals surface area contributed by atoms with Gasteiger partial charge in [0.15, 0.2) is 6.29 Å². The summed E-state index contributed by atoms with van der Waals surface area (Å²) in [5.41, 5.74) is 1.69. The van der Waals surface area contributed by atoms with Gasteiger partial charge in [-0.15, -0.1) is 0 Å². The van der Waals surface area contributed by atoms with Crippen molar-refractivity contribution < 1.29 is 4.79 Å². The second-order valence-electron chi connectivity index (χ2n) is 2.97. The maximum atomic E-state index is 10.5. The first-order chi connectivity index (χ1) is 7.35. The van der Waals surface area contributed by atoms with Crippen molar-refractivity contribution >= 4 is 6.29 Å². The molecule has 2 aromatic rings. The van der Waals surface area contributed by atoms with Crippen molar-refractivity contribution in [2.45, 2.75) is 0 Å². The number of nitriles is 1. The Kier molecular flexibility index (Phi) is 2.30. The molecule has 0 saturated heterocycles. The number of benzene rings is 1. The summed E-state index contributed by atoms with van der Waals surface area (Å²) in [6.07, 6.45) is 3.77. The van der Waals surface area contributed by atoms with Crippen molar-refractivity contribution in [1.29, 1.82) is 5.26 Å². The van der Waals surface area contributed by atoms with Crippen LogP contribution in [0.4, 0.5) is 0 Å². The number of hydrogen-bond acceptors (Lipinski definition) is 3. The van der Waals surface area contributed by atoms with Crippen molar-refractivity contribution in [2.75, 3.05) is 0 Å². The molecule has 2 rings (SSSR count). The van der Waals surface area contributed by atoms with Crippen molar-refractivity contribution in [2.24, 2.45) is 0 Å². The van der Waals surface area contributed by atoms with Crippen LogP contribution in [0.5, 0.6) is 0 Å². The van der Waals surface area contributed by atoms with Crippen LogP contribution in [0.2, 0.25) is 0 Å². The van der Waals surface area contributed by atoms with Crippen LogP contribution < -0.4 is 0 Å². The SMILES string of the molecule is N#Cc1ccccc1-n1cc(C=O)cn1. The molecule has 0 bridgehead atoms. The molecule has 15 heavy (non-hydrogen) atoms. The zero-order valence-electron chi connectivity index (χ0n) is 7.79. The number of para-hydroxylation sites is 1. The molecule has 0 unspecified atom stereocenters. The van der Waals surface area contributed by atoms with Crippen molar-refractivity contribution in [3.63, 3.8) is 0 Å². The number of nitrogens with zero attached hydrogens (tertiary/aromatic N) is 3. The summed E-state index contributed by atoms with van der Waals surface area (Å²) < 4.78 is 1.52. The van der Waals surface area contributed by atoms with Gasteiger partial charge in [0.25, 0.3) is 0 Å². The maximum absolute atomic E-state index is 10.5. The molecule has 0 atom stereocenters. The third-order valence-electron chi connectivity index (χ3n) is 2.01. The van der Waals surface area contributed by atoms with Crippen LogP contribution in [0.3, 0.4) is 0 Å². The van der Waals surface area contributed by atoms with Crippen LogP contribution in [0.15, 0.2) is 36.7 Å². The molecule has 0 saturated carbocycles. The Bertz CT molecular complexity index is 537. The minimum atomic E-state index is 0.489. The molecule has 0 amide bonds. The molecule has 0 N–H and O–H groups in total. The van der Waals surface area contributed by atoms with E-state index in [0.717, 1.165) is 6.29 Å². The van der Waals surface area contributed by atoms with Crippen molar-refractivity contribution in [3.05, 3.63) is 47.8 Å². The summed E-state index contributed by atoms with van der Waals surface area (Å²) in [6, 6.07) is 9.16. The number of hydrogen-bond donors (Lipinski definition) is 0. The highest BCUT2D eigenvalue weighted by Crippen LogP contribution is 2.12. The third-order valence-corrected chi connectivity index (χ3v) is 2.01. The van der Waals surface area contributed by atoms with Crippen molar-refractivity contribution in [1.82, 2.24) is 9.78 Å². The highest BCUT2D eigenvalue weighted by atomic mass is 16.1. The van der Waals surface area contributed by atoms with E-state index in [1.165, 1.54) is 10.9 Å². The van der Waals surface area contributed by atoms with Crippen LogP contribution in [0, 0.1) is 11.3 Å². The molecule has 72 valence electrons. The van der Waals surface area contributed by atoms with E-state index in [0.29, 0.717) is 16.8 Å². The summed E-state index contributed by atoms with van der Waals surface area (Å²) in [5.74, 6) is 0. The summed E-state index contributed by atoms with van der Waals surface area (Å²) in [6.45, 7) is 0. The molecule has 1 aromatic carbocycles. The highest BCUT2D eigenvalue weighted by molar-refractivity contribution is 5.73. The van der Waals surface area contributed by atoms with Gasteiger partial charge in [0.2, 0.25) is 0 Å². The van der Waals surface area contributed by atoms with Gasteiger partial charge in [0, 0.05) is 6.20 Å². The van der Waals surface area contributed by atoms with E-state index in [1.54, 1.807) is 24.4 Å². The summed E-state index contributed by atoms with van der Waals surface area (Å²) >= 11 is 0. The Morgan fingerprint density at radius 2 is 2.20 bits per heavy atom. The van der Waals surface area contributed by atoms with E-state index in [-0.39, 0.29) is 0 Å². The Hall–Kier alpha value is -2.41. The molecule has 4 nitrogen and oxygen atoms in total. The monoisotopic (exact) mass is 197 g/mol. The number of aldehydes is 1. The van der Waals surface area contributed by atoms with Gasteiger partial charge in [-0.25, -0.2) is 4.68 Å². The topological polar surface area (TPSA) is 58.7 Å². The van der Waals surface area contributed by atoms with E-state index >= 15 is 0 Å². The molecule has 0 radical (unpaired) electrons. The van der Waals surface area contributed by atoms with Crippen LogP contribution in [-0.4, -0.2) is 16.1 Å². The van der Waals surface area contributed by atoms with Gasteiger partial charge in [0.1, 0.15) is 6.07 Å². The van der Waals surface area contributed by atoms with E-state index in [1.807, 2.05) is 6.07 Å². The Balaban J connectivity index is 2.54. The number of carbonyl (C=O) groups excluding carboxylic acids is 1. The first kappa shape index (κ1) is 9.16. The quantitative estimate of drug-likeness (QED) is 0.686. The van der Waals surface area contributed by atoms with Crippen LogP contribution in [-0.2, 0) is 0 Å². The van der Waals surface area contributed by atoms with E-state index in [2.05, 4.69) is 11.2 Å². The Morgan fingerprint density at radius 3 is 2.87 bits per heavy atom. The van der Waals surface area contributed by atoms with Crippen LogP contribution >= 0.6 is 0 Å². The lowest BCUT2D eigenvalue weighted by Gasteiger charge is -2.01. The minimum Gasteiger partial charge on any atom is -0.298 e. The Morgan fingerprint density at radius 1 is 1.40 bits per heavy atom. The van der Waals surface area contributed by atoms with Gasteiger partial charge < -0.3 is 0 Å². The van der Waals surface area contributed by atoms with Crippen LogP contribution in [0.25, 0.3) is 5.69 Å². The second-order valence-corrected chi connectivity index (χ2v) is 2.97. The average Bonchev–Trinajstić information content (AvgIpc) is 2.77. The lowest BCUT2D eigenvalue weighted by Crippen LogP contribution is -1.97. The van der Waals surface area contributed by atoms with Crippen LogP contribution in [0.1, 0.15) is 15.9 Å². The molecule has 0 aliphatic rings. The summed E-state index contributed by atoms with van der Waals surface area (Å²) in [5, 5.41) is 12.9. The first-order valence-corrected chi connectivity index (χ1v) is 4.34. The van der Waals surface area contributed by atoms with Gasteiger partial charge in [-0.05, 0) is 12.1 Å². The zero-order chi connectivity index (χ0) is 10.7. The summed E-state index contributed by atoms with van der Waals surface area (Å²) in [4.78, 5) is 10.5. The molecule has 0 fully saturated rings. The lowest BCUT2D eigenvalue weighted by atomic mass is 10.2. The highest BCUT2D eigenvalue weighted by Gasteiger charge is 2.04. The van der Waals surface area contributed by atoms with Gasteiger partial charge >= 0.3 is 0 Å². The predicted molar refractivity (Wildman–Crippen MR) is 53.7 cm³/mol. The molecule has 1 heterocycles. The summed E-state index contributed by atoms with van der Waals surface area (Å²) in [7, 11) is 0. The molecule has 0 aliphatic carbocycles. The standard InChI is InChI=1S/C11H7N3O/c12-5-10-3-1-2-4-11(10)14-7-9(8-15)6-13-14/h1-4,6-8H. The fourth-order valence-electron chi connectivity index (χ4n) is 1.30. The molecule has 0 aliphatic heterocycles. The minimum absolute atomic E-state index is 0.489. The number of aromatic nitrogens is 2. The number of rotatable bonds is 2. The van der Waals surface area contributed by atoms with E-state index in [4.69, 9.17) is 5.26 Å². The number of carbonyl (C=O) groups is 1. The molecule has 0 spiro atoms. The lowest BCUT2D eigenvalue weighted by molar-refractivity contribution is 0.112. The fourth-order valence-corrected chi connectivity index (χ4v) is 1.30. The van der Waals surface area contributed by atoms with Gasteiger partial charge in [-0.3, -0.25) is 4.79 Å². The fraction of sp³-hybridized carbons (Fsp3) is 0. The molecular formula is C11H7N3O. The smallest absolute Gasteiger partial charge is 0.153 e. The van der Waals surface area contributed by atoms with Gasteiger partial charge in [-0.1, -0.05) is 12.1 Å². The normalized spacial score (nSPS) is 9.53. The zero-order valence-corrected chi connectivity index (χ0v) is 7.79. The predicted octanol–water partition coefficient (Wildman–Crippen LogP) is 1.56. The maximum Gasteiger partial charge on any atom is 0.153 e. The van der Waals surface area contributed by atoms with Gasteiger partial charge in [-0.2, -0.15) is 10.4 Å². The van der Waals surface area contributed by atoms with Crippen molar-refractivity contribution in [3.8, 4) is 11.8 Å². The molecular weight excluding hydrogens is 190 g/mol. The van der Waals surface area contributed by atoms with E-state index < -0.39 is 0 Å². The second kappa shape index (κ2) is 3.76.